The van der Waals surface area contributed by atoms with Crippen LogP contribution >= 0.6 is 0 Å². The lowest BCUT2D eigenvalue weighted by atomic mass is 9.79. The van der Waals surface area contributed by atoms with Gasteiger partial charge < -0.3 is 20.1 Å². The van der Waals surface area contributed by atoms with Gasteiger partial charge in [0, 0.05) is 28.9 Å². The molecule has 3 aliphatic rings. The zero-order chi connectivity index (χ0) is 20.8. The van der Waals surface area contributed by atoms with Crippen LogP contribution in [0.3, 0.4) is 0 Å². The van der Waals surface area contributed by atoms with E-state index in [2.05, 4.69) is 10.6 Å². The standard InChI is InChI=1S/C23H22N2O5/c1-29-16-7-3-6-15(11-16)24-21(26)12-4-2-5-14(8-12)25-22(27)19-13-9-17-18(10-13)30-23(28)20(17)19/h2-8,11,13,17-20H,9-10H2,1H3,(H,24,26)(H,25,27)/t13-,17-,18+,19-,20-/m1/s1. The fraction of sp³-hybridized carbons (Fsp3) is 0.348. The quantitative estimate of drug-likeness (QED) is 0.745. The molecule has 2 bridgehead atoms. The third-order valence-corrected chi connectivity index (χ3v) is 6.51. The summed E-state index contributed by atoms with van der Waals surface area (Å²) in [5.41, 5.74) is 1.57. The molecule has 1 heterocycles. The molecule has 2 N–H and O–H groups in total. The molecule has 0 aromatic heterocycles. The van der Waals surface area contributed by atoms with E-state index in [0.29, 0.717) is 22.7 Å². The Balaban J connectivity index is 1.29. The second kappa shape index (κ2) is 7.16. The van der Waals surface area contributed by atoms with Gasteiger partial charge in [0.2, 0.25) is 5.91 Å². The lowest BCUT2D eigenvalue weighted by molar-refractivity contribution is -0.145. The minimum atomic E-state index is -0.351. The van der Waals surface area contributed by atoms with E-state index in [-0.39, 0.29) is 47.6 Å². The molecule has 2 amide bonds. The average Bonchev–Trinajstić information content (AvgIpc) is 3.37. The summed E-state index contributed by atoms with van der Waals surface area (Å²) in [6.07, 6.45) is 1.65. The lowest BCUT2D eigenvalue weighted by Gasteiger charge is -2.23. The first-order valence-corrected chi connectivity index (χ1v) is 10.1. The van der Waals surface area contributed by atoms with Crippen LogP contribution in [0, 0.1) is 23.7 Å². The van der Waals surface area contributed by atoms with Crippen LogP contribution in [0.15, 0.2) is 48.5 Å². The number of methoxy groups -OCH3 is 1. The third-order valence-electron chi connectivity index (χ3n) is 6.51. The Bertz CT molecular complexity index is 1030. The molecule has 2 aromatic rings. The number of anilines is 2. The van der Waals surface area contributed by atoms with Crippen molar-refractivity contribution < 1.29 is 23.9 Å². The Hall–Kier alpha value is -3.35. The normalized spacial score (nSPS) is 28.2. The smallest absolute Gasteiger partial charge is 0.310 e. The Morgan fingerprint density at radius 3 is 2.60 bits per heavy atom. The molecule has 5 rings (SSSR count). The monoisotopic (exact) mass is 406 g/mol. The van der Waals surface area contributed by atoms with Gasteiger partial charge in [0.05, 0.1) is 18.9 Å². The summed E-state index contributed by atoms with van der Waals surface area (Å²) in [7, 11) is 1.56. The van der Waals surface area contributed by atoms with Crippen molar-refractivity contribution in [1.82, 2.24) is 0 Å². The molecule has 1 saturated heterocycles. The molecule has 1 aliphatic heterocycles. The summed E-state index contributed by atoms with van der Waals surface area (Å²) >= 11 is 0. The van der Waals surface area contributed by atoms with Crippen molar-refractivity contribution in [1.29, 1.82) is 0 Å². The van der Waals surface area contributed by atoms with Gasteiger partial charge in [0.1, 0.15) is 11.9 Å². The van der Waals surface area contributed by atoms with Gasteiger partial charge in [0.25, 0.3) is 5.91 Å². The number of carbonyl (C=O) groups is 3. The van der Waals surface area contributed by atoms with Crippen LogP contribution in [0.2, 0.25) is 0 Å². The van der Waals surface area contributed by atoms with Crippen LogP contribution < -0.4 is 15.4 Å². The van der Waals surface area contributed by atoms with Crippen molar-refractivity contribution in [2.45, 2.75) is 18.9 Å². The summed E-state index contributed by atoms with van der Waals surface area (Å²) in [5, 5.41) is 5.73. The summed E-state index contributed by atoms with van der Waals surface area (Å²) in [5.74, 6) is -0.362. The highest BCUT2D eigenvalue weighted by Crippen LogP contribution is 2.57. The first-order chi connectivity index (χ1) is 14.5. The van der Waals surface area contributed by atoms with Gasteiger partial charge in [0.15, 0.2) is 0 Å². The van der Waals surface area contributed by atoms with Gasteiger partial charge in [-0.1, -0.05) is 12.1 Å². The number of amides is 2. The van der Waals surface area contributed by atoms with Crippen molar-refractivity contribution >= 4 is 29.2 Å². The number of hydrogen-bond acceptors (Lipinski definition) is 5. The van der Waals surface area contributed by atoms with Crippen molar-refractivity contribution in [3.05, 3.63) is 54.1 Å². The van der Waals surface area contributed by atoms with Crippen molar-refractivity contribution in [2.24, 2.45) is 23.7 Å². The molecular weight excluding hydrogens is 384 g/mol. The van der Waals surface area contributed by atoms with E-state index in [4.69, 9.17) is 9.47 Å². The van der Waals surface area contributed by atoms with E-state index in [1.54, 1.807) is 55.6 Å². The lowest BCUT2D eigenvalue weighted by Crippen LogP contribution is -2.35. The minimum absolute atomic E-state index is 0.000171. The van der Waals surface area contributed by atoms with Crippen LogP contribution in [0.5, 0.6) is 5.75 Å². The summed E-state index contributed by atoms with van der Waals surface area (Å²) in [6.45, 7) is 0. The largest absolute Gasteiger partial charge is 0.497 e. The van der Waals surface area contributed by atoms with Crippen LogP contribution in [0.25, 0.3) is 0 Å². The van der Waals surface area contributed by atoms with Crippen LogP contribution in [-0.2, 0) is 14.3 Å². The van der Waals surface area contributed by atoms with Crippen LogP contribution in [0.4, 0.5) is 11.4 Å². The zero-order valence-corrected chi connectivity index (χ0v) is 16.5. The maximum atomic E-state index is 12.9. The average molecular weight is 406 g/mol. The van der Waals surface area contributed by atoms with Gasteiger partial charge in [-0.15, -0.1) is 0 Å². The van der Waals surface area contributed by atoms with Gasteiger partial charge >= 0.3 is 5.97 Å². The predicted octanol–water partition coefficient (Wildman–Crippen LogP) is 3.08. The fourth-order valence-corrected chi connectivity index (χ4v) is 5.23. The SMILES string of the molecule is COc1cccc(NC(=O)c2cccc(NC(=O)[C@@H]3[C@@H]4C[C@H]5[C@H]3C(=O)O[C@H]5C4)c2)c1. The van der Waals surface area contributed by atoms with E-state index < -0.39 is 0 Å². The topological polar surface area (TPSA) is 93.7 Å². The fourth-order valence-electron chi connectivity index (χ4n) is 5.23. The highest BCUT2D eigenvalue weighted by molar-refractivity contribution is 6.05. The summed E-state index contributed by atoms with van der Waals surface area (Å²) < 4.78 is 10.6. The molecule has 7 heteroatoms. The first kappa shape index (κ1) is 18.7. The first-order valence-electron chi connectivity index (χ1n) is 10.1. The van der Waals surface area contributed by atoms with Crippen molar-refractivity contribution in [3.63, 3.8) is 0 Å². The maximum Gasteiger partial charge on any atom is 0.310 e. The van der Waals surface area contributed by atoms with E-state index >= 15 is 0 Å². The van der Waals surface area contributed by atoms with Crippen LogP contribution in [-0.4, -0.2) is 31.0 Å². The van der Waals surface area contributed by atoms with Gasteiger partial charge in [-0.25, -0.2) is 0 Å². The highest BCUT2D eigenvalue weighted by Gasteiger charge is 2.63. The molecule has 5 atom stereocenters. The highest BCUT2D eigenvalue weighted by atomic mass is 16.6. The second-order valence-corrected chi connectivity index (χ2v) is 8.18. The van der Waals surface area contributed by atoms with E-state index in [9.17, 15) is 14.4 Å². The molecule has 3 fully saturated rings. The molecule has 2 aromatic carbocycles. The Kier molecular flexibility index (Phi) is 4.46. The number of carbonyl (C=O) groups excluding carboxylic acids is 3. The molecule has 2 saturated carbocycles. The van der Waals surface area contributed by atoms with E-state index in [0.717, 1.165) is 12.8 Å². The van der Waals surface area contributed by atoms with Gasteiger partial charge in [-0.3, -0.25) is 14.4 Å². The maximum absolute atomic E-state index is 12.9. The minimum Gasteiger partial charge on any atom is -0.497 e. The number of nitrogens with one attached hydrogen (secondary N) is 2. The van der Waals surface area contributed by atoms with Crippen molar-refractivity contribution in [2.75, 3.05) is 17.7 Å². The van der Waals surface area contributed by atoms with Gasteiger partial charge in [-0.2, -0.15) is 0 Å². The number of benzene rings is 2. The molecule has 154 valence electrons. The second-order valence-electron chi connectivity index (χ2n) is 8.18. The predicted molar refractivity (Wildman–Crippen MR) is 109 cm³/mol. The third kappa shape index (κ3) is 3.10. The molecule has 0 spiro atoms. The van der Waals surface area contributed by atoms with Gasteiger partial charge in [-0.05, 0) is 49.1 Å². The molecule has 0 unspecified atom stereocenters. The zero-order valence-electron chi connectivity index (χ0n) is 16.5. The molecule has 7 nitrogen and oxygen atoms in total. The van der Waals surface area contributed by atoms with Crippen LogP contribution in [0.1, 0.15) is 23.2 Å². The van der Waals surface area contributed by atoms with E-state index in [1.807, 2.05) is 0 Å². The molecular formula is C23H22N2O5. The van der Waals surface area contributed by atoms with Crippen molar-refractivity contribution in [3.8, 4) is 5.75 Å². The number of rotatable bonds is 5. The molecule has 0 radical (unpaired) electrons. The number of hydrogen-bond donors (Lipinski definition) is 2. The summed E-state index contributed by atoms with van der Waals surface area (Å²) in [6, 6.07) is 13.9. The van der Waals surface area contributed by atoms with E-state index in [1.165, 1.54) is 0 Å². The Morgan fingerprint density at radius 1 is 1.03 bits per heavy atom. The number of ether oxygens (including phenoxy) is 2. The Labute approximate surface area is 173 Å². The Morgan fingerprint density at radius 2 is 1.80 bits per heavy atom. The summed E-state index contributed by atoms with van der Waals surface area (Å²) in [4.78, 5) is 37.7. The number of fused-ring (bicyclic) bond motifs is 1. The number of esters is 1. The molecule has 30 heavy (non-hydrogen) atoms. The molecule has 2 aliphatic carbocycles.